The van der Waals surface area contributed by atoms with E-state index < -0.39 is 0 Å². The maximum absolute atomic E-state index is 6.24. The quantitative estimate of drug-likeness (QED) is 0.841. The summed E-state index contributed by atoms with van der Waals surface area (Å²) in [6.45, 7) is 6.03. The summed E-state index contributed by atoms with van der Waals surface area (Å²) < 4.78 is 10.7. The zero-order valence-corrected chi connectivity index (χ0v) is 12.1. The number of hydrogen-bond donors (Lipinski definition) is 2. The molecule has 0 radical (unpaired) electrons. The molecule has 102 valence electrons. The minimum atomic E-state index is -0.388. The fraction of sp³-hybridized carbons (Fsp3) is 0.571. The van der Waals surface area contributed by atoms with Gasteiger partial charge in [-0.2, -0.15) is 0 Å². The first-order valence-electron chi connectivity index (χ1n) is 6.03. The van der Waals surface area contributed by atoms with Gasteiger partial charge in [-0.25, -0.2) is 0 Å². The van der Waals surface area contributed by atoms with Crippen LogP contribution in [0.4, 0.5) is 0 Å². The standard InChI is InChI=1S/C14H24N2O2/c1-9-7-10(17-5)8-11(18-6)12(9)13(16-4)14(2,3)15/h7-8,13,16H,15H2,1-6H3. The molecule has 0 heterocycles. The second kappa shape index (κ2) is 5.59. The lowest BCUT2D eigenvalue weighted by atomic mass is 9.86. The van der Waals surface area contributed by atoms with Crippen LogP contribution in [0, 0.1) is 6.92 Å². The summed E-state index contributed by atoms with van der Waals surface area (Å²) >= 11 is 0. The highest BCUT2D eigenvalue weighted by molar-refractivity contribution is 5.48. The third-order valence-electron chi connectivity index (χ3n) is 3.10. The van der Waals surface area contributed by atoms with E-state index in [1.165, 1.54) is 0 Å². The lowest BCUT2D eigenvalue weighted by Gasteiger charge is -2.33. The smallest absolute Gasteiger partial charge is 0.127 e. The van der Waals surface area contributed by atoms with E-state index in [0.717, 1.165) is 22.6 Å². The van der Waals surface area contributed by atoms with E-state index in [-0.39, 0.29) is 11.6 Å². The van der Waals surface area contributed by atoms with Gasteiger partial charge in [0, 0.05) is 17.2 Å². The monoisotopic (exact) mass is 252 g/mol. The van der Waals surface area contributed by atoms with E-state index >= 15 is 0 Å². The molecule has 1 unspecified atom stereocenters. The number of benzene rings is 1. The molecule has 1 aromatic rings. The van der Waals surface area contributed by atoms with Gasteiger partial charge in [-0.1, -0.05) is 0 Å². The van der Waals surface area contributed by atoms with Crippen LogP contribution in [0.15, 0.2) is 12.1 Å². The SMILES string of the molecule is CNC(c1c(C)cc(OC)cc1OC)C(C)(C)N. The summed E-state index contributed by atoms with van der Waals surface area (Å²) in [7, 11) is 5.21. The topological polar surface area (TPSA) is 56.5 Å². The highest BCUT2D eigenvalue weighted by atomic mass is 16.5. The van der Waals surface area contributed by atoms with E-state index in [1.807, 2.05) is 40.0 Å². The lowest BCUT2D eigenvalue weighted by molar-refractivity contribution is 0.342. The van der Waals surface area contributed by atoms with Gasteiger partial charge >= 0.3 is 0 Å². The summed E-state index contributed by atoms with van der Waals surface area (Å²) in [4.78, 5) is 0. The number of nitrogens with two attached hydrogens (primary N) is 1. The van der Waals surface area contributed by atoms with E-state index in [9.17, 15) is 0 Å². The fourth-order valence-corrected chi connectivity index (χ4v) is 2.28. The van der Waals surface area contributed by atoms with Gasteiger partial charge in [0.25, 0.3) is 0 Å². The molecule has 4 heteroatoms. The Morgan fingerprint density at radius 1 is 1.22 bits per heavy atom. The summed E-state index contributed by atoms with van der Waals surface area (Å²) in [5, 5.41) is 3.27. The van der Waals surface area contributed by atoms with Crippen molar-refractivity contribution in [3.63, 3.8) is 0 Å². The molecule has 0 spiro atoms. The van der Waals surface area contributed by atoms with E-state index in [1.54, 1.807) is 14.2 Å². The van der Waals surface area contributed by atoms with Crippen LogP contribution in [-0.4, -0.2) is 26.8 Å². The Kier molecular flexibility index (Phi) is 4.59. The van der Waals surface area contributed by atoms with Crippen molar-refractivity contribution in [3.8, 4) is 11.5 Å². The molecule has 0 aliphatic carbocycles. The summed E-state index contributed by atoms with van der Waals surface area (Å²) in [6, 6.07) is 3.89. The van der Waals surface area contributed by atoms with E-state index in [0.29, 0.717) is 0 Å². The van der Waals surface area contributed by atoms with E-state index in [2.05, 4.69) is 5.32 Å². The van der Waals surface area contributed by atoms with Crippen molar-refractivity contribution in [1.82, 2.24) is 5.32 Å². The molecule has 0 amide bonds. The van der Waals surface area contributed by atoms with Crippen molar-refractivity contribution in [2.75, 3.05) is 21.3 Å². The molecular formula is C14H24N2O2. The molecule has 0 saturated heterocycles. The number of nitrogens with one attached hydrogen (secondary N) is 1. The van der Waals surface area contributed by atoms with Gasteiger partial charge in [0.1, 0.15) is 11.5 Å². The van der Waals surface area contributed by atoms with Gasteiger partial charge in [-0.3, -0.25) is 0 Å². The Hall–Kier alpha value is -1.26. The highest BCUT2D eigenvalue weighted by Gasteiger charge is 2.29. The molecule has 0 aliphatic rings. The van der Waals surface area contributed by atoms with E-state index in [4.69, 9.17) is 15.2 Å². The third-order valence-corrected chi connectivity index (χ3v) is 3.10. The van der Waals surface area contributed by atoms with Crippen LogP contribution in [0.25, 0.3) is 0 Å². The van der Waals surface area contributed by atoms with Crippen LogP contribution in [0.5, 0.6) is 11.5 Å². The molecule has 18 heavy (non-hydrogen) atoms. The summed E-state index contributed by atoms with van der Waals surface area (Å²) in [5.74, 6) is 1.59. The van der Waals surface area contributed by atoms with Gasteiger partial charge in [0.2, 0.25) is 0 Å². The molecule has 0 bridgehead atoms. The molecule has 0 aromatic heterocycles. The molecule has 0 fully saturated rings. The average Bonchev–Trinajstić information content (AvgIpc) is 2.29. The summed E-state index contributed by atoms with van der Waals surface area (Å²) in [5.41, 5.74) is 8.03. The van der Waals surface area contributed by atoms with Gasteiger partial charge in [0.05, 0.1) is 20.3 Å². The van der Waals surface area contributed by atoms with Gasteiger partial charge in [0.15, 0.2) is 0 Å². The van der Waals surface area contributed by atoms with Crippen LogP contribution in [0.1, 0.15) is 31.0 Å². The van der Waals surface area contributed by atoms with Crippen molar-refractivity contribution in [2.24, 2.45) is 5.73 Å². The van der Waals surface area contributed by atoms with Crippen LogP contribution in [0.3, 0.4) is 0 Å². The fourth-order valence-electron chi connectivity index (χ4n) is 2.28. The van der Waals surface area contributed by atoms with Gasteiger partial charge in [-0.15, -0.1) is 0 Å². The number of hydrogen-bond acceptors (Lipinski definition) is 4. The predicted molar refractivity (Wildman–Crippen MR) is 74.4 cm³/mol. The molecule has 1 aromatic carbocycles. The number of ether oxygens (including phenoxy) is 2. The van der Waals surface area contributed by atoms with Crippen LogP contribution in [0.2, 0.25) is 0 Å². The second-order valence-corrected chi connectivity index (χ2v) is 5.10. The predicted octanol–water partition coefficient (Wildman–Crippen LogP) is 2.01. The molecular weight excluding hydrogens is 228 g/mol. The lowest BCUT2D eigenvalue weighted by Crippen LogP contribution is -2.45. The van der Waals surface area contributed by atoms with Crippen LogP contribution >= 0.6 is 0 Å². The minimum Gasteiger partial charge on any atom is -0.497 e. The molecule has 4 nitrogen and oxygen atoms in total. The Balaban J connectivity index is 3.38. The molecule has 1 atom stereocenters. The Bertz CT molecular complexity index is 411. The zero-order chi connectivity index (χ0) is 13.9. The Morgan fingerprint density at radius 3 is 2.22 bits per heavy atom. The molecule has 3 N–H and O–H groups in total. The van der Waals surface area contributed by atoms with Crippen molar-refractivity contribution >= 4 is 0 Å². The highest BCUT2D eigenvalue weighted by Crippen LogP contribution is 2.36. The van der Waals surface area contributed by atoms with Crippen molar-refractivity contribution in [2.45, 2.75) is 32.4 Å². The average molecular weight is 252 g/mol. The largest absolute Gasteiger partial charge is 0.497 e. The molecule has 0 aliphatic heterocycles. The number of rotatable bonds is 5. The first-order valence-corrected chi connectivity index (χ1v) is 6.03. The third kappa shape index (κ3) is 2.94. The first kappa shape index (κ1) is 14.8. The maximum atomic E-state index is 6.24. The van der Waals surface area contributed by atoms with Crippen molar-refractivity contribution in [3.05, 3.63) is 23.3 Å². The van der Waals surface area contributed by atoms with Gasteiger partial charge in [-0.05, 0) is 39.4 Å². The second-order valence-electron chi connectivity index (χ2n) is 5.10. The van der Waals surface area contributed by atoms with Crippen LogP contribution in [-0.2, 0) is 0 Å². The van der Waals surface area contributed by atoms with Crippen molar-refractivity contribution in [1.29, 1.82) is 0 Å². The number of methoxy groups -OCH3 is 2. The summed E-state index contributed by atoms with van der Waals surface area (Å²) in [6.07, 6.45) is 0. The van der Waals surface area contributed by atoms with Crippen LogP contribution < -0.4 is 20.5 Å². The normalized spacial score (nSPS) is 13.3. The first-order chi connectivity index (χ1) is 8.35. The zero-order valence-electron chi connectivity index (χ0n) is 12.1. The maximum Gasteiger partial charge on any atom is 0.127 e. The van der Waals surface area contributed by atoms with Gasteiger partial charge < -0.3 is 20.5 Å². The minimum absolute atomic E-state index is 0.0124. The molecule has 0 saturated carbocycles. The Morgan fingerprint density at radius 2 is 1.83 bits per heavy atom. The van der Waals surface area contributed by atoms with Crippen molar-refractivity contribution < 1.29 is 9.47 Å². The Labute approximate surface area is 109 Å². The molecule has 1 rings (SSSR count). The number of likely N-dealkylation sites (N-methyl/N-ethyl adjacent to an activating group) is 1. The number of aryl methyl sites for hydroxylation is 1.